The number of para-hydroxylation sites is 1. The molecule has 0 bridgehead atoms. The number of hydrogen-bond acceptors (Lipinski definition) is 1. The number of rotatable bonds is 3. The highest BCUT2D eigenvalue weighted by Gasteiger charge is 2.09. The largest absolute Gasteiger partial charge is 0.357 e. The molecule has 1 heterocycles. The van der Waals surface area contributed by atoms with E-state index in [1.54, 1.807) is 0 Å². The predicted octanol–water partition coefficient (Wildman–Crippen LogP) is 3.44. The highest BCUT2D eigenvalue weighted by molar-refractivity contribution is 6.35. The molecule has 16 heavy (non-hydrogen) atoms. The maximum absolute atomic E-state index is 6.12. The van der Waals surface area contributed by atoms with E-state index < -0.39 is 0 Å². The van der Waals surface area contributed by atoms with Gasteiger partial charge in [0.25, 0.3) is 0 Å². The normalized spacial score (nSPS) is 10.4. The number of aromatic amines is 1. The van der Waals surface area contributed by atoms with E-state index in [4.69, 9.17) is 17.3 Å². The van der Waals surface area contributed by atoms with Crippen molar-refractivity contribution in [1.82, 2.24) is 4.98 Å². The number of nitrogens with one attached hydrogen (secondary N) is 1. The molecule has 2 aromatic rings. The SMILES string of the molecule is Cc1[nH]c2c(Cl)cccc2c1CCCN.Cl. The molecule has 0 saturated carbocycles. The second-order valence-corrected chi connectivity index (χ2v) is 4.19. The van der Waals surface area contributed by atoms with Crippen molar-refractivity contribution in [2.75, 3.05) is 6.54 Å². The number of aryl methyl sites for hydroxylation is 2. The summed E-state index contributed by atoms with van der Waals surface area (Å²) in [5.74, 6) is 0. The topological polar surface area (TPSA) is 41.8 Å². The zero-order valence-corrected chi connectivity index (χ0v) is 10.8. The van der Waals surface area contributed by atoms with Gasteiger partial charge in [-0.2, -0.15) is 0 Å². The van der Waals surface area contributed by atoms with Crippen LogP contribution < -0.4 is 5.73 Å². The molecule has 1 aromatic heterocycles. The Morgan fingerprint density at radius 2 is 2.12 bits per heavy atom. The maximum atomic E-state index is 6.12. The molecule has 2 rings (SSSR count). The molecule has 0 spiro atoms. The Kier molecular flexibility index (Phi) is 4.66. The van der Waals surface area contributed by atoms with Crippen LogP contribution in [-0.4, -0.2) is 11.5 Å². The highest BCUT2D eigenvalue weighted by atomic mass is 35.5. The molecule has 88 valence electrons. The smallest absolute Gasteiger partial charge is 0.0648 e. The Balaban J connectivity index is 0.00000128. The average Bonchev–Trinajstić information content (AvgIpc) is 2.54. The molecule has 2 nitrogen and oxygen atoms in total. The first-order chi connectivity index (χ1) is 7.24. The lowest BCUT2D eigenvalue weighted by Crippen LogP contribution is -2.00. The third-order valence-corrected chi connectivity index (χ3v) is 3.05. The van der Waals surface area contributed by atoms with E-state index in [0.29, 0.717) is 0 Å². The van der Waals surface area contributed by atoms with Gasteiger partial charge < -0.3 is 10.7 Å². The number of nitrogens with two attached hydrogens (primary N) is 1. The molecule has 0 radical (unpaired) electrons. The van der Waals surface area contributed by atoms with Gasteiger partial charge in [0, 0.05) is 11.1 Å². The fourth-order valence-corrected chi connectivity index (χ4v) is 2.19. The fourth-order valence-electron chi connectivity index (χ4n) is 1.97. The van der Waals surface area contributed by atoms with Gasteiger partial charge >= 0.3 is 0 Å². The monoisotopic (exact) mass is 258 g/mol. The quantitative estimate of drug-likeness (QED) is 0.871. The summed E-state index contributed by atoms with van der Waals surface area (Å²) in [5.41, 5.74) is 9.12. The van der Waals surface area contributed by atoms with Crippen LogP contribution in [0.25, 0.3) is 10.9 Å². The van der Waals surface area contributed by atoms with Crippen LogP contribution in [0.4, 0.5) is 0 Å². The van der Waals surface area contributed by atoms with Gasteiger partial charge in [-0.1, -0.05) is 23.7 Å². The van der Waals surface area contributed by atoms with Crippen molar-refractivity contribution >= 4 is 34.9 Å². The Morgan fingerprint density at radius 3 is 2.81 bits per heavy atom. The summed E-state index contributed by atoms with van der Waals surface area (Å²) in [4.78, 5) is 3.33. The maximum Gasteiger partial charge on any atom is 0.0648 e. The first-order valence-corrected chi connectivity index (χ1v) is 5.57. The standard InChI is InChI=1S/C12H15ClN2.ClH/c1-8-9(5-3-7-14)10-4-2-6-11(13)12(10)15-8;/h2,4,6,15H,3,5,7,14H2,1H3;1H. The second-order valence-electron chi connectivity index (χ2n) is 3.78. The number of fused-ring (bicyclic) bond motifs is 1. The summed E-state index contributed by atoms with van der Waals surface area (Å²) in [5, 5.41) is 2.02. The summed E-state index contributed by atoms with van der Waals surface area (Å²) in [6, 6.07) is 6.01. The lowest BCUT2D eigenvalue weighted by atomic mass is 10.1. The van der Waals surface area contributed by atoms with Crippen molar-refractivity contribution < 1.29 is 0 Å². The lowest BCUT2D eigenvalue weighted by Gasteiger charge is -1.99. The molecule has 0 aliphatic rings. The van der Waals surface area contributed by atoms with E-state index in [1.165, 1.54) is 16.6 Å². The van der Waals surface area contributed by atoms with Crippen molar-refractivity contribution in [3.63, 3.8) is 0 Å². The van der Waals surface area contributed by atoms with Crippen LogP contribution in [0.2, 0.25) is 5.02 Å². The fraction of sp³-hybridized carbons (Fsp3) is 0.333. The minimum absolute atomic E-state index is 0. The Hall–Kier alpha value is -0.700. The summed E-state index contributed by atoms with van der Waals surface area (Å²) in [6.07, 6.45) is 2.03. The van der Waals surface area contributed by atoms with Gasteiger partial charge in [0.15, 0.2) is 0 Å². The molecule has 0 saturated heterocycles. The molecule has 0 unspecified atom stereocenters. The van der Waals surface area contributed by atoms with E-state index >= 15 is 0 Å². The first kappa shape index (κ1) is 13.4. The van der Waals surface area contributed by atoms with Gasteiger partial charge in [0.1, 0.15) is 0 Å². The number of hydrogen-bond donors (Lipinski definition) is 2. The van der Waals surface area contributed by atoms with E-state index in [0.717, 1.165) is 29.9 Å². The van der Waals surface area contributed by atoms with Crippen LogP contribution in [-0.2, 0) is 6.42 Å². The van der Waals surface area contributed by atoms with Gasteiger partial charge in [-0.15, -0.1) is 12.4 Å². The van der Waals surface area contributed by atoms with Crippen LogP contribution in [0.1, 0.15) is 17.7 Å². The molecule has 4 heteroatoms. The molecule has 0 aliphatic carbocycles. The van der Waals surface area contributed by atoms with Crippen LogP contribution in [0, 0.1) is 6.92 Å². The van der Waals surface area contributed by atoms with Gasteiger partial charge in [-0.05, 0) is 37.9 Å². The predicted molar refractivity (Wildman–Crippen MR) is 72.7 cm³/mol. The van der Waals surface area contributed by atoms with Crippen LogP contribution in [0.5, 0.6) is 0 Å². The number of aromatic nitrogens is 1. The molecule has 0 aliphatic heterocycles. The number of H-pyrrole nitrogens is 1. The van der Waals surface area contributed by atoms with Crippen molar-refractivity contribution in [2.45, 2.75) is 19.8 Å². The summed E-state index contributed by atoms with van der Waals surface area (Å²) >= 11 is 6.12. The zero-order chi connectivity index (χ0) is 10.8. The van der Waals surface area contributed by atoms with E-state index in [9.17, 15) is 0 Å². The third kappa shape index (κ3) is 2.34. The van der Waals surface area contributed by atoms with Gasteiger partial charge in [-0.25, -0.2) is 0 Å². The Labute approximate surface area is 107 Å². The minimum atomic E-state index is 0. The van der Waals surface area contributed by atoms with Gasteiger partial charge in [0.2, 0.25) is 0 Å². The van der Waals surface area contributed by atoms with E-state index in [1.807, 2.05) is 12.1 Å². The summed E-state index contributed by atoms with van der Waals surface area (Å²) in [7, 11) is 0. The molecule has 0 atom stereocenters. The molecule has 0 amide bonds. The van der Waals surface area contributed by atoms with Crippen molar-refractivity contribution in [3.05, 3.63) is 34.5 Å². The van der Waals surface area contributed by atoms with Crippen LogP contribution in [0.15, 0.2) is 18.2 Å². The van der Waals surface area contributed by atoms with Gasteiger partial charge in [-0.3, -0.25) is 0 Å². The second kappa shape index (κ2) is 5.58. The molecular weight excluding hydrogens is 243 g/mol. The Morgan fingerprint density at radius 1 is 1.38 bits per heavy atom. The van der Waals surface area contributed by atoms with Crippen molar-refractivity contribution in [1.29, 1.82) is 0 Å². The number of benzene rings is 1. The highest BCUT2D eigenvalue weighted by Crippen LogP contribution is 2.28. The molecule has 1 aromatic carbocycles. The zero-order valence-electron chi connectivity index (χ0n) is 9.22. The van der Waals surface area contributed by atoms with Crippen LogP contribution in [0.3, 0.4) is 0 Å². The van der Waals surface area contributed by atoms with E-state index in [2.05, 4.69) is 18.0 Å². The Bertz CT molecular complexity index is 477. The molecule has 0 fully saturated rings. The minimum Gasteiger partial charge on any atom is -0.357 e. The molecule has 3 N–H and O–H groups in total. The first-order valence-electron chi connectivity index (χ1n) is 5.19. The van der Waals surface area contributed by atoms with Crippen molar-refractivity contribution in [2.24, 2.45) is 5.73 Å². The average molecular weight is 259 g/mol. The van der Waals surface area contributed by atoms with E-state index in [-0.39, 0.29) is 12.4 Å². The number of halogens is 2. The summed E-state index contributed by atoms with van der Waals surface area (Å²) in [6.45, 7) is 2.81. The third-order valence-electron chi connectivity index (χ3n) is 2.73. The van der Waals surface area contributed by atoms with Crippen LogP contribution >= 0.6 is 24.0 Å². The lowest BCUT2D eigenvalue weighted by molar-refractivity contribution is 0.831. The summed E-state index contributed by atoms with van der Waals surface area (Å²) < 4.78 is 0. The van der Waals surface area contributed by atoms with Gasteiger partial charge in [0.05, 0.1) is 10.5 Å². The molecular formula is C12H16Cl2N2. The van der Waals surface area contributed by atoms with Crippen molar-refractivity contribution in [3.8, 4) is 0 Å².